The van der Waals surface area contributed by atoms with Crippen LogP contribution in [0.3, 0.4) is 0 Å². The van der Waals surface area contributed by atoms with E-state index >= 15 is 0 Å². The first-order valence-electron chi connectivity index (χ1n) is 10.7. The summed E-state index contributed by atoms with van der Waals surface area (Å²) in [7, 11) is 0. The number of rotatable bonds is 4. The third-order valence-corrected chi connectivity index (χ3v) is 7.06. The molecule has 1 N–H and O–H groups in total. The van der Waals surface area contributed by atoms with Gasteiger partial charge in [0.05, 0.1) is 33.3 Å². The number of fused-ring (bicyclic) bond motifs is 3. The highest BCUT2D eigenvalue weighted by molar-refractivity contribution is 7.17. The van der Waals surface area contributed by atoms with Gasteiger partial charge in [0.1, 0.15) is 6.10 Å². The van der Waals surface area contributed by atoms with E-state index in [1.807, 2.05) is 30.6 Å². The van der Waals surface area contributed by atoms with E-state index in [1.54, 1.807) is 17.5 Å². The first kappa shape index (κ1) is 18.8. The van der Waals surface area contributed by atoms with Crippen LogP contribution < -0.4 is 10.1 Å². The van der Waals surface area contributed by atoms with Crippen LogP contribution in [0, 0.1) is 6.92 Å². The van der Waals surface area contributed by atoms with Crippen LogP contribution in [0.2, 0.25) is 0 Å². The Morgan fingerprint density at radius 3 is 2.61 bits per heavy atom. The minimum atomic E-state index is 0.226. The van der Waals surface area contributed by atoms with Crippen molar-refractivity contribution >= 4 is 21.6 Å². The molecule has 2 unspecified atom stereocenters. The van der Waals surface area contributed by atoms with Crippen molar-refractivity contribution in [3.63, 3.8) is 0 Å². The molecule has 7 nitrogen and oxygen atoms in total. The maximum Gasteiger partial charge on any atom is 0.233 e. The average Bonchev–Trinajstić information content (AvgIpc) is 3.40. The molecule has 6 rings (SSSR count). The van der Waals surface area contributed by atoms with Gasteiger partial charge in [0.2, 0.25) is 5.88 Å². The summed E-state index contributed by atoms with van der Waals surface area (Å²) in [5, 5.41) is 20.6. The Kier molecular flexibility index (Phi) is 4.61. The summed E-state index contributed by atoms with van der Waals surface area (Å²) in [5.41, 5.74) is 7.61. The summed E-state index contributed by atoms with van der Waals surface area (Å²) in [5.74, 6) is 0.602. The first-order chi connectivity index (χ1) is 15.2. The lowest BCUT2D eigenvalue weighted by Crippen LogP contribution is -2.42. The number of ether oxygens (including phenoxy) is 1. The topological polar surface area (TPSA) is 85.7 Å². The fourth-order valence-electron chi connectivity index (χ4n) is 4.80. The maximum atomic E-state index is 6.15. The van der Waals surface area contributed by atoms with Crippen molar-refractivity contribution in [2.75, 3.05) is 0 Å². The van der Waals surface area contributed by atoms with Crippen molar-refractivity contribution in [2.45, 2.75) is 50.8 Å². The fraction of sp³-hybridized carbons (Fsp3) is 0.348. The Morgan fingerprint density at radius 1 is 1.00 bits per heavy atom. The molecule has 2 fully saturated rings. The van der Waals surface area contributed by atoms with E-state index in [0.717, 1.165) is 51.1 Å². The molecule has 5 heterocycles. The van der Waals surface area contributed by atoms with Crippen LogP contribution in [0.25, 0.3) is 32.6 Å². The molecule has 156 valence electrons. The van der Waals surface area contributed by atoms with Gasteiger partial charge >= 0.3 is 0 Å². The van der Waals surface area contributed by atoms with Gasteiger partial charge in [-0.1, -0.05) is 12.1 Å². The Labute approximate surface area is 183 Å². The van der Waals surface area contributed by atoms with E-state index in [4.69, 9.17) is 4.74 Å². The number of nitrogens with one attached hydrogen (secondary N) is 1. The van der Waals surface area contributed by atoms with E-state index < -0.39 is 0 Å². The number of benzene rings is 1. The number of aryl methyl sites for hydroxylation is 1. The minimum Gasteiger partial charge on any atom is -0.473 e. The van der Waals surface area contributed by atoms with Crippen LogP contribution in [0.4, 0.5) is 0 Å². The van der Waals surface area contributed by atoms with Gasteiger partial charge in [-0.2, -0.15) is 10.2 Å². The summed E-state index contributed by atoms with van der Waals surface area (Å²) in [6.45, 7) is 1.94. The zero-order valence-corrected chi connectivity index (χ0v) is 18.0. The van der Waals surface area contributed by atoms with E-state index in [0.29, 0.717) is 18.0 Å². The Bertz CT molecular complexity index is 1230. The van der Waals surface area contributed by atoms with Crippen LogP contribution >= 0.6 is 11.3 Å². The van der Waals surface area contributed by atoms with Gasteiger partial charge in [-0.25, -0.2) is 4.98 Å². The lowest BCUT2D eigenvalue weighted by molar-refractivity contribution is 0.130. The third kappa shape index (κ3) is 3.55. The number of nitrogens with zero attached hydrogens (tertiary/aromatic N) is 5. The number of hydrogen-bond donors (Lipinski definition) is 1. The second-order valence-electron chi connectivity index (χ2n) is 8.38. The normalized spacial score (nSPS) is 22.7. The number of hydrogen-bond acceptors (Lipinski definition) is 8. The van der Waals surface area contributed by atoms with Crippen LogP contribution in [-0.4, -0.2) is 43.6 Å². The predicted molar refractivity (Wildman–Crippen MR) is 120 cm³/mol. The van der Waals surface area contributed by atoms with E-state index in [1.165, 1.54) is 12.8 Å². The van der Waals surface area contributed by atoms with Gasteiger partial charge in [-0.05, 0) is 44.7 Å². The second-order valence-corrected chi connectivity index (χ2v) is 9.24. The Hall–Kier alpha value is -2.97. The summed E-state index contributed by atoms with van der Waals surface area (Å²) >= 11 is 1.61. The molecule has 2 bridgehead atoms. The minimum absolute atomic E-state index is 0.226. The molecular weight excluding hydrogens is 408 g/mol. The van der Waals surface area contributed by atoms with Gasteiger partial charge in [0.25, 0.3) is 0 Å². The van der Waals surface area contributed by atoms with Crippen LogP contribution in [-0.2, 0) is 0 Å². The Morgan fingerprint density at radius 2 is 1.84 bits per heavy atom. The molecule has 2 atom stereocenters. The molecule has 0 amide bonds. The van der Waals surface area contributed by atoms with E-state index in [2.05, 4.69) is 42.8 Å². The molecular formula is C23H22N6OS. The van der Waals surface area contributed by atoms with Crippen molar-refractivity contribution in [1.29, 1.82) is 0 Å². The SMILES string of the molecule is Cc1cc(-c2ccc(-c3ccc(OC4CC5CCC(C4)N5)nn3)c3scnc23)cnn1. The smallest absolute Gasteiger partial charge is 0.233 e. The first-order valence-corrected chi connectivity index (χ1v) is 11.5. The van der Waals surface area contributed by atoms with Crippen LogP contribution in [0.5, 0.6) is 5.88 Å². The van der Waals surface area contributed by atoms with Gasteiger partial charge in [0.15, 0.2) is 0 Å². The van der Waals surface area contributed by atoms with Gasteiger partial charge < -0.3 is 10.1 Å². The standard InChI is InChI=1S/C23H22N6OS/c1-13-8-14(11-25-27-13)18-4-5-19(23-22(18)24-12-31-23)20-6-7-21(29-28-20)30-17-9-15-2-3-16(10-17)26-15/h4-8,11-12,15-17,26H,2-3,9-10H2,1H3. The van der Waals surface area contributed by atoms with Crippen molar-refractivity contribution in [3.8, 4) is 28.3 Å². The maximum absolute atomic E-state index is 6.15. The van der Waals surface area contributed by atoms with E-state index in [-0.39, 0.29) is 6.10 Å². The molecule has 0 spiro atoms. The molecule has 0 aliphatic carbocycles. The molecule has 0 saturated carbocycles. The highest BCUT2D eigenvalue weighted by atomic mass is 32.1. The third-order valence-electron chi connectivity index (χ3n) is 6.20. The largest absolute Gasteiger partial charge is 0.473 e. The lowest BCUT2D eigenvalue weighted by atomic mass is 10.0. The number of piperidine rings is 1. The van der Waals surface area contributed by atoms with Gasteiger partial charge in [-0.3, -0.25) is 0 Å². The highest BCUT2D eigenvalue weighted by Gasteiger charge is 2.34. The Balaban J connectivity index is 1.28. The molecule has 2 aliphatic rings. The predicted octanol–water partition coefficient (Wildman–Crippen LogP) is 4.18. The summed E-state index contributed by atoms with van der Waals surface area (Å²) in [6, 6.07) is 11.3. The highest BCUT2D eigenvalue weighted by Crippen LogP contribution is 2.36. The molecule has 4 aromatic rings. The quantitative estimate of drug-likeness (QED) is 0.520. The zero-order valence-electron chi connectivity index (χ0n) is 17.2. The monoisotopic (exact) mass is 430 g/mol. The number of aromatic nitrogens is 5. The van der Waals surface area contributed by atoms with E-state index in [9.17, 15) is 0 Å². The average molecular weight is 431 g/mol. The van der Waals surface area contributed by atoms with Gasteiger partial charge in [0, 0.05) is 34.8 Å². The molecule has 31 heavy (non-hydrogen) atoms. The van der Waals surface area contributed by atoms with Gasteiger partial charge in [-0.15, -0.1) is 21.5 Å². The fourth-order valence-corrected chi connectivity index (χ4v) is 5.64. The number of thiazole rings is 1. The molecule has 8 heteroatoms. The molecule has 1 aromatic carbocycles. The summed E-state index contributed by atoms with van der Waals surface area (Å²) in [6.07, 6.45) is 6.61. The molecule has 2 saturated heterocycles. The summed E-state index contributed by atoms with van der Waals surface area (Å²) in [4.78, 5) is 4.62. The van der Waals surface area contributed by atoms with Crippen LogP contribution in [0.1, 0.15) is 31.4 Å². The van der Waals surface area contributed by atoms with Crippen molar-refractivity contribution < 1.29 is 4.74 Å². The zero-order chi connectivity index (χ0) is 20.8. The summed E-state index contributed by atoms with van der Waals surface area (Å²) < 4.78 is 7.24. The molecule has 3 aromatic heterocycles. The van der Waals surface area contributed by atoms with Crippen molar-refractivity contribution in [2.24, 2.45) is 0 Å². The van der Waals surface area contributed by atoms with Crippen molar-refractivity contribution in [1.82, 2.24) is 30.7 Å². The van der Waals surface area contributed by atoms with Crippen molar-refractivity contribution in [3.05, 3.63) is 47.7 Å². The van der Waals surface area contributed by atoms with Crippen LogP contribution in [0.15, 0.2) is 42.0 Å². The second kappa shape index (κ2) is 7.62. The molecule has 2 aliphatic heterocycles. The molecule has 0 radical (unpaired) electrons. The lowest BCUT2D eigenvalue weighted by Gasteiger charge is -2.28.